The molecular formula is C16H14N2O2. The number of hydrogen-bond acceptors (Lipinski definition) is 4. The van der Waals surface area contributed by atoms with Gasteiger partial charge in [0.15, 0.2) is 22.9 Å². The third-order valence-electron chi connectivity index (χ3n) is 3.15. The molecule has 3 rings (SSSR count). The molecule has 0 saturated heterocycles. The molecule has 1 aromatic carbocycles. The topological polar surface area (TPSA) is 55.1 Å². The number of fused-ring (bicyclic) bond motifs is 1. The maximum Gasteiger partial charge on any atom is 0.183 e. The highest BCUT2D eigenvalue weighted by atomic mass is 16.5. The number of rotatable bonds is 2. The van der Waals surface area contributed by atoms with Gasteiger partial charge < -0.3 is 9.47 Å². The van der Waals surface area contributed by atoms with Crippen LogP contribution in [-0.2, 0) is 6.42 Å². The summed E-state index contributed by atoms with van der Waals surface area (Å²) in [5, 5.41) is 9.05. The molecule has 0 saturated carbocycles. The van der Waals surface area contributed by atoms with Crippen molar-refractivity contribution in [2.24, 2.45) is 0 Å². The Labute approximate surface area is 117 Å². The molecule has 1 aliphatic heterocycles. The summed E-state index contributed by atoms with van der Waals surface area (Å²) >= 11 is 0. The summed E-state index contributed by atoms with van der Waals surface area (Å²) in [6.45, 7) is 4.09. The van der Waals surface area contributed by atoms with Crippen LogP contribution in [0.5, 0.6) is 17.2 Å². The van der Waals surface area contributed by atoms with E-state index in [9.17, 15) is 0 Å². The van der Waals surface area contributed by atoms with Gasteiger partial charge in [0.25, 0.3) is 0 Å². The normalized spacial score (nSPS) is 15.1. The van der Waals surface area contributed by atoms with Crippen molar-refractivity contribution in [3.8, 4) is 23.3 Å². The van der Waals surface area contributed by atoms with E-state index in [0.717, 1.165) is 17.7 Å². The Bertz CT molecular complexity index is 702. The van der Waals surface area contributed by atoms with Crippen LogP contribution in [-0.4, -0.2) is 10.6 Å². The molecule has 2 aromatic rings. The minimum absolute atomic E-state index is 0.227. The number of nitrogens with zero attached hydrogens (tertiary/aromatic N) is 2. The van der Waals surface area contributed by atoms with E-state index in [2.05, 4.69) is 4.98 Å². The SMILES string of the molecule is CC1(C)Cc2cccc(Oc3cccnc3C#N)c2O1. The second-order valence-electron chi connectivity index (χ2n) is 5.35. The van der Waals surface area contributed by atoms with Gasteiger partial charge in [0.2, 0.25) is 0 Å². The number of nitriles is 1. The molecule has 20 heavy (non-hydrogen) atoms. The molecule has 4 heteroatoms. The second-order valence-corrected chi connectivity index (χ2v) is 5.35. The first kappa shape index (κ1) is 12.5. The average molecular weight is 266 g/mol. The van der Waals surface area contributed by atoms with Gasteiger partial charge >= 0.3 is 0 Å². The summed E-state index contributed by atoms with van der Waals surface area (Å²) in [4.78, 5) is 3.99. The Morgan fingerprint density at radius 1 is 1.25 bits per heavy atom. The molecule has 2 heterocycles. The molecule has 0 unspecified atom stereocenters. The number of pyridine rings is 1. The third-order valence-corrected chi connectivity index (χ3v) is 3.15. The highest BCUT2D eigenvalue weighted by molar-refractivity contribution is 5.52. The van der Waals surface area contributed by atoms with Crippen molar-refractivity contribution in [3.63, 3.8) is 0 Å². The van der Waals surface area contributed by atoms with Crippen LogP contribution in [0, 0.1) is 11.3 Å². The van der Waals surface area contributed by atoms with Crippen LogP contribution in [0.3, 0.4) is 0 Å². The molecule has 0 aliphatic carbocycles. The zero-order chi connectivity index (χ0) is 14.2. The van der Waals surface area contributed by atoms with E-state index >= 15 is 0 Å². The van der Waals surface area contributed by atoms with Crippen molar-refractivity contribution < 1.29 is 9.47 Å². The summed E-state index contributed by atoms with van der Waals surface area (Å²) in [5.41, 5.74) is 1.16. The molecule has 100 valence electrons. The Morgan fingerprint density at radius 3 is 2.85 bits per heavy atom. The minimum Gasteiger partial charge on any atom is -0.483 e. The zero-order valence-corrected chi connectivity index (χ0v) is 11.4. The lowest BCUT2D eigenvalue weighted by Crippen LogP contribution is -2.24. The number of hydrogen-bond donors (Lipinski definition) is 0. The van der Waals surface area contributed by atoms with Crippen molar-refractivity contribution in [2.75, 3.05) is 0 Å². The Kier molecular flexibility index (Phi) is 2.83. The summed E-state index contributed by atoms with van der Waals surface area (Å²) in [6, 6.07) is 11.3. The van der Waals surface area contributed by atoms with Crippen LogP contribution in [0.15, 0.2) is 36.5 Å². The molecule has 1 aromatic heterocycles. The lowest BCUT2D eigenvalue weighted by atomic mass is 10.0. The highest BCUT2D eigenvalue weighted by Crippen LogP contribution is 2.43. The van der Waals surface area contributed by atoms with Crippen LogP contribution < -0.4 is 9.47 Å². The highest BCUT2D eigenvalue weighted by Gasteiger charge is 2.32. The van der Waals surface area contributed by atoms with Crippen molar-refractivity contribution in [2.45, 2.75) is 25.9 Å². The van der Waals surface area contributed by atoms with E-state index in [1.165, 1.54) is 0 Å². The summed E-state index contributed by atoms with van der Waals surface area (Å²) in [5.74, 6) is 1.82. The van der Waals surface area contributed by atoms with Gasteiger partial charge in [-0.3, -0.25) is 0 Å². The average Bonchev–Trinajstić information content (AvgIpc) is 2.74. The Balaban J connectivity index is 1.98. The quantitative estimate of drug-likeness (QED) is 0.835. The van der Waals surface area contributed by atoms with Crippen molar-refractivity contribution >= 4 is 0 Å². The fourth-order valence-electron chi connectivity index (χ4n) is 2.34. The van der Waals surface area contributed by atoms with Crippen LogP contribution in [0.25, 0.3) is 0 Å². The summed E-state index contributed by atoms with van der Waals surface area (Å²) in [6.07, 6.45) is 2.41. The molecule has 0 N–H and O–H groups in total. The molecule has 0 atom stereocenters. The largest absolute Gasteiger partial charge is 0.483 e. The molecule has 0 bridgehead atoms. The standard InChI is InChI=1S/C16H14N2O2/c1-16(2)9-11-5-3-6-14(15(11)20-16)19-13-7-4-8-18-12(13)10-17/h3-8H,9H2,1-2H3. The molecular weight excluding hydrogens is 252 g/mol. The number of benzene rings is 1. The van der Waals surface area contributed by atoms with E-state index in [-0.39, 0.29) is 11.3 Å². The number of aromatic nitrogens is 1. The van der Waals surface area contributed by atoms with Crippen LogP contribution >= 0.6 is 0 Å². The maximum absolute atomic E-state index is 9.05. The van der Waals surface area contributed by atoms with Gasteiger partial charge in [0.1, 0.15) is 11.7 Å². The lowest BCUT2D eigenvalue weighted by molar-refractivity contribution is 0.135. The fourth-order valence-corrected chi connectivity index (χ4v) is 2.34. The number of para-hydroxylation sites is 1. The minimum atomic E-state index is -0.227. The van der Waals surface area contributed by atoms with Crippen LogP contribution in [0.1, 0.15) is 25.1 Å². The second kappa shape index (κ2) is 4.53. The van der Waals surface area contributed by atoms with Gasteiger partial charge in [-0.15, -0.1) is 0 Å². The third kappa shape index (κ3) is 2.19. The Morgan fingerprint density at radius 2 is 2.05 bits per heavy atom. The fraction of sp³-hybridized carbons (Fsp3) is 0.250. The first-order valence-electron chi connectivity index (χ1n) is 6.43. The first-order chi connectivity index (χ1) is 9.59. The predicted octanol–water partition coefficient (Wildman–Crippen LogP) is 3.46. The van der Waals surface area contributed by atoms with Crippen molar-refractivity contribution in [3.05, 3.63) is 47.8 Å². The molecule has 4 nitrogen and oxygen atoms in total. The lowest BCUT2D eigenvalue weighted by Gasteiger charge is -2.18. The molecule has 0 fully saturated rings. The molecule has 0 radical (unpaired) electrons. The summed E-state index contributed by atoms with van der Waals surface area (Å²) < 4.78 is 11.8. The van der Waals surface area contributed by atoms with Gasteiger partial charge in [0, 0.05) is 18.2 Å². The van der Waals surface area contributed by atoms with Gasteiger partial charge in [-0.2, -0.15) is 5.26 Å². The van der Waals surface area contributed by atoms with E-state index in [1.54, 1.807) is 18.3 Å². The predicted molar refractivity (Wildman–Crippen MR) is 73.9 cm³/mol. The van der Waals surface area contributed by atoms with E-state index in [1.807, 2.05) is 38.1 Å². The van der Waals surface area contributed by atoms with Crippen LogP contribution in [0.4, 0.5) is 0 Å². The van der Waals surface area contributed by atoms with Gasteiger partial charge in [0.05, 0.1) is 0 Å². The van der Waals surface area contributed by atoms with Crippen molar-refractivity contribution in [1.82, 2.24) is 4.98 Å². The summed E-state index contributed by atoms with van der Waals surface area (Å²) in [7, 11) is 0. The molecule has 0 spiro atoms. The van der Waals surface area contributed by atoms with E-state index in [0.29, 0.717) is 11.5 Å². The van der Waals surface area contributed by atoms with Gasteiger partial charge in [-0.1, -0.05) is 12.1 Å². The van der Waals surface area contributed by atoms with E-state index in [4.69, 9.17) is 14.7 Å². The first-order valence-corrected chi connectivity index (χ1v) is 6.43. The zero-order valence-electron chi connectivity index (χ0n) is 11.4. The molecule has 0 amide bonds. The van der Waals surface area contributed by atoms with Crippen molar-refractivity contribution in [1.29, 1.82) is 5.26 Å². The smallest absolute Gasteiger partial charge is 0.183 e. The maximum atomic E-state index is 9.05. The number of ether oxygens (including phenoxy) is 2. The van der Waals surface area contributed by atoms with E-state index < -0.39 is 0 Å². The van der Waals surface area contributed by atoms with Gasteiger partial charge in [-0.25, -0.2) is 4.98 Å². The van der Waals surface area contributed by atoms with Crippen LogP contribution in [0.2, 0.25) is 0 Å². The van der Waals surface area contributed by atoms with Gasteiger partial charge in [-0.05, 0) is 32.0 Å². The Hall–Kier alpha value is -2.54. The monoisotopic (exact) mass is 266 g/mol. The molecule has 1 aliphatic rings.